The van der Waals surface area contributed by atoms with E-state index >= 15 is 0 Å². The van der Waals surface area contributed by atoms with E-state index in [1.54, 1.807) is 0 Å². The summed E-state index contributed by atoms with van der Waals surface area (Å²) in [6, 6.07) is 13.2. The van der Waals surface area contributed by atoms with Gasteiger partial charge in [-0.05, 0) is 29.3 Å². The summed E-state index contributed by atoms with van der Waals surface area (Å²) in [4.78, 5) is 24.9. The zero-order chi connectivity index (χ0) is 24.5. The first kappa shape index (κ1) is 24.2. The van der Waals surface area contributed by atoms with Crippen LogP contribution in [0.4, 0.5) is 13.2 Å². The van der Waals surface area contributed by atoms with Gasteiger partial charge in [-0.3, -0.25) is 9.59 Å². The molecule has 0 spiro atoms. The summed E-state index contributed by atoms with van der Waals surface area (Å²) in [7, 11) is -3.77. The summed E-state index contributed by atoms with van der Waals surface area (Å²) in [5.74, 6) is 0.580. The Morgan fingerprint density at radius 1 is 1.00 bits per heavy atom. The monoisotopic (exact) mass is 508 g/mol. The molecule has 0 atom stereocenters. The molecule has 0 aliphatic carbocycles. The highest BCUT2D eigenvalue weighted by atomic mass is 32.2. The predicted molar refractivity (Wildman–Crippen MR) is 123 cm³/mol. The Kier molecular flexibility index (Phi) is 6.70. The molecule has 1 aliphatic rings. The normalized spacial score (nSPS) is 14.9. The number of aromatic nitrogens is 1. The number of alkyl halides is 3. The van der Waals surface area contributed by atoms with E-state index in [4.69, 9.17) is 0 Å². The van der Waals surface area contributed by atoms with E-state index in [0.29, 0.717) is 29.3 Å². The number of thioether (sulfide) groups is 1. The Morgan fingerprint density at radius 2 is 1.74 bits per heavy atom. The lowest BCUT2D eigenvalue weighted by Crippen LogP contribution is -2.30. The van der Waals surface area contributed by atoms with E-state index in [-0.39, 0.29) is 17.0 Å². The van der Waals surface area contributed by atoms with Crippen molar-refractivity contribution < 1.29 is 26.4 Å². The number of benzene rings is 2. The largest absolute Gasteiger partial charge is 0.416 e. The number of halogens is 3. The maximum absolute atomic E-state index is 13.0. The number of ketones is 1. The maximum atomic E-state index is 13.0. The van der Waals surface area contributed by atoms with Crippen LogP contribution in [0.3, 0.4) is 0 Å². The summed E-state index contributed by atoms with van der Waals surface area (Å²) in [5.41, 5.74) is -0.207. The number of carbonyl (C=O) groups is 1. The lowest BCUT2D eigenvalue weighted by Gasteiger charge is -2.15. The Labute approximate surface area is 198 Å². The van der Waals surface area contributed by atoms with Gasteiger partial charge < -0.3 is 4.57 Å². The lowest BCUT2D eigenvalue weighted by atomic mass is 10.0. The summed E-state index contributed by atoms with van der Waals surface area (Å²) in [6.07, 6.45) is -3.30. The van der Waals surface area contributed by atoms with E-state index in [9.17, 15) is 31.2 Å². The Balaban J connectivity index is 1.54. The molecule has 0 saturated carbocycles. The van der Waals surface area contributed by atoms with Gasteiger partial charge >= 0.3 is 6.18 Å². The van der Waals surface area contributed by atoms with Gasteiger partial charge in [-0.25, -0.2) is 8.42 Å². The molecule has 3 aromatic rings. The van der Waals surface area contributed by atoms with Gasteiger partial charge in [-0.1, -0.05) is 36.4 Å². The molecule has 1 aliphatic heterocycles. The minimum atomic E-state index is -4.46. The van der Waals surface area contributed by atoms with Crippen LogP contribution in [-0.4, -0.2) is 41.2 Å². The molecule has 0 N–H and O–H groups in total. The van der Waals surface area contributed by atoms with Crippen molar-refractivity contribution in [3.63, 3.8) is 0 Å². The smallest absolute Gasteiger partial charge is 0.306 e. The highest BCUT2D eigenvalue weighted by Crippen LogP contribution is 2.32. The SMILES string of the molecule is O=C(Cn1cc(S(=O)(=O)N2CCSC2)ccc1=O)c1ccc(-c2cccc(C(F)(F)F)c2)cc1. The Bertz CT molecular complexity index is 1380. The molecule has 1 saturated heterocycles. The van der Waals surface area contributed by atoms with Crippen LogP contribution in [0.2, 0.25) is 0 Å². The first-order chi connectivity index (χ1) is 16.1. The zero-order valence-corrected chi connectivity index (χ0v) is 19.3. The molecule has 11 heteroatoms. The third-order valence-corrected chi connectivity index (χ3v) is 8.32. The molecule has 0 radical (unpaired) electrons. The molecule has 0 bridgehead atoms. The fourth-order valence-corrected chi connectivity index (χ4v) is 6.33. The maximum Gasteiger partial charge on any atom is 0.416 e. The van der Waals surface area contributed by atoms with Crippen molar-refractivity contribution in [3.8, 4) is 11.1 Å². The second-order valence-electron chi connectivity index (χ2n) is 7.63. The van der Waals surface area contributed by atoms with Crippen LogP contribution in [0.1, 0.15) is 15.9 Å². The molecule has 2 aromatic carbocycles. The number of Topliss-reactive ketones (excluding diaryl/α,β-unsaturated/α-hetero) is 1. The molecule has 178 valence electrons. The second-order valence-corrected chi connectivity index (χ2v) is 10.6. The van der Waals surface area contributed by atoms with Crippen LogP contribution in [0.25, 0.3) is 11.1 Å². The molecule has 6 nitrogen and oxygen atoms in total. The number of hydrogen-bond acceptors (Lipinski definition) is 5. The van der Waals surface area contributed by atoms with Gasteiger partial charge in [0.2, 0.25) is 10.0 Å². The Hall–Kier alpha value is -2.89. The summed E-state index contributed by atoms with van der Waals surface area (Å²) in [5, 5.41) is 0. The Morgan fingerprint density at radius 3 is 2.38 bits per heavy atom. The number of rotatable bonds is 6. The number of pyridine rings is 1. The van der Waals surface area contributed by atoms with Crippen molar-refractivity contribution in [2.24, 2.45) is 0 Å². The van der Waals surface area contributed by atoms with Crippen molar-refractivity contribution >= 4 is 27.6 Å². The topological polar surface area (TPSA) is 76.5 Å². The third-order valence-electron chi connectivity index (χ3n) is 5.36. The first-order valence-electron chi connectivity index (χ1n) is 10.1. The van der Waals surface area contributed by atoms with Crippen LogP contribution in [-0.2, 0) is 22.7 Å². The molecule has 1 fully saturated rings. The molecule has 34 heavy (non-hydrogen) atoms. The van der Waals surface area contributed by atoms with Gasteiger partial charge in [0.15, 0.2) is 5.78 Å². The summed E-state index contributed by atoms with van der Waals surface area (Å²) < 4.78 is 66.8. The van der Waals surface area contributed by atoms with E-state index in [1.165, 1.54) is 58.5 Å². The lowest BCUT2D eigenvalue weighted by molar-refractivity contribution is -0.137. The number of nitrogens with zero attached hydrogens (tertiary/aromatic N) is 2. The van der Waals surface area contributed by atoms with Crippen molar-refractivity contribution in [1.82, 2.24) is 8.87 Å². The van der Waals surface area contributed by atoms with Crippen LogP contribution in [0.15, 0.2) is 76.6 Å². The minimum absolute atomic E-state index is 0.0673. The fourth-order valence-electron chi connectivity index (χ4n) is 3.49. The van der Waals surface area contributed by atoms with Crippen LogP contribution < -0.4 is 5.56 Å². The summed E-state index contributed by atoms with van der Waals surface area (Å²) >= 11 is 1.49. The molecular weight excluding hydrogens is 489 g/mol. The van der Waals surface area contributed by atoms with Crippen LogP contribution in [0, 0.1) is 0 Å². The number of hydrogen-bond donors (Lipinski definition) is 0. The molecule has 4 rings (SSSR count). The standard InChI is InChI=1S/C23H19F3N2O4S2/c24-23(25,26)19-3-1-2-18(12-19)16-4-6-17(7-5-16)21(29)14-27-13-20(8-9-22(27)30)34(31,32)28-10-11-33-15-28/h1-9,12-13H,10-11,14-15H2. The summed E-state index contributed by atoms with van der Waals surface area (Å²) in [6.45, 7) is 0.00311. The van der Waals surface area contributed by atoms with Gasteiger partial charge in [-0.2, -0.15) is 17.5 Å². The molecular formula is C23H19F3N2O4S2. The zero-order valence-electron chi connectivity index (χ0n) is 17.7. The molecule has 2 heterocycles. The average molecular weight is 509 g/mol. The quantitative estimate of drug-likeness (QED) is 0.469. The van der Waals surface area contributed by atoms with Gasteiger partial charge in [-0.15, -0.1) is 11.8 Å². The highest BCUT2D eigenvalue weighted by Gasteiger charge is 2.30. The van der Waals surface area contributed by atoms with Crippen molar-refractivity contribution in [2.75, 3.05) is 18.2 Å². The van der Waals surface area contributed by atoms with E-state index < -0.39 is 33.1 Å². The van der Waals surface area contributed by atoms with Crippen LogP contribution in [0.5, 0.6) is 0 Å². The molecule has 0 amide bonds. The molecule has 0 unspecified atom stereocenters. The van der Waals surface area contributed by atoms with E-state index in [1.807, 2.05) is 0 Å². The van der Waals surface area contributed by atoms with Gasteiger partial charge in [0, 0.05) is 30.1 Å². The molecule has 1 aromatic heterocycles. The minimum Gasteiger partial charge on any atom is -0.306 e. The van der Waals surface area contributed by atoms with E-state index in [2.05, 4.69) is 0 Å². The average Bonchev–Trinajstić information content (AvgIpc) is 3.36. The fraction of sp³-hybridized carbons (Fsp3) is 0.217. The van der Waals surface area contributed by atoms with Gasteiger partial charge in [0.05, 0.1) is 22.9 Å². The second kappa shape index (κ2) is 9.40. The van der Waals surface area contributed by atoms with Gasteiger partial charge in [0.25, 0.3) is 5.56 Å². The number of sulfonamides is 1. The highest BCUT2D eigenvalue weighted by molar-refractivity contribution is 8.00. The van der Waals surface area contributed by atoms with Crippen LogP contribution >= 0.6 is 11.8 Å². The van der Waals surface area contributed by atoms with Gasteiger partial charge in [0.1, 0.15) is 0 Å². The third kappa shape index (κ3) is 5.11. The van der Waals surface area contributed by atoms with Crippen molar-refractivity contribution in [3.05, 3.63) is 88.3 Å². The van der Waals surface area contributed by atoms with Crippen molar-refractivity contribution in [1.29, 1.82) is 0 Å². The predicted octanol–water partition coefficient (Wildman–Crippen LogP) is 4.11. The van der Waals surface area contributed by atoms with E-state index in [0.717, 1.165) is 29.0 Å². The first-order valence-corrected chi connectivity index (χ1v) is 12.7. The number of carbonyl (C=O) groups excluding carboxylic acids is 1. The van der Waals surface area contributed by atoms with Crippen molar-refractivity contribution in [2.45, 2.75) is 17.6 Å².